The van der Waals surface area contributed by atoms with Crippen molar-refractivity contribution in [2.75, 3.05) is 19.1 Å². The third-order valence-electron chi connectivity index (χ3n) is 2.37. The predicted octanol–water partition coefficient (Wildman–Crippen LogP) is 0.741. The zero-order chi connectivity index (χ0) is 13.5. The Labute approximate surface area is 104 Å². The summed E-state index contributed by atoms with van der Waals surface area (Å²) in [5, 5.41) is 3.01. The Balaban J connectivity index is 4.36. The molecule has 0 aliphatic heterocycles. The Bertz CT molecular complexity index is 326. The molecule has 0 saturated heterocycles. The van der Waals surface area contributed by atoms with Crippen molar-refractivity contribution in [2.45, 2.75) is 45.2 Å². The van der Waals surface area contributed by atoms with Crippen LogP contribution < -0.4 is 5.32 Å². The summed E-state index contributed by atoms with van der Waals surface area (Å²) in [6.07, 6.45) is 3.73. The van der Waals surface area contributed by atoms with Gasteiger partial charge in [-0.05, 0) is 13.3 Å². The number of carbonyl (C=O) groups is 1. The maximum Gasteiger partial charge on any atom is 0.322 e. The van der Waals surface area contributed by atoms with Crippen molar-refractivity contribution in [2.24, 2.45) is 0 Å². The molecule has 0 radical (unpaired) electrons. The van der Waals surface area contributed by atoms with Crippen LogP contribution in [0.1, 0.15) is 33.1 Å². The van der Waals surface area contributed by atoms with Gasteiger partial charge in [0.1, 0.15) is 15.9 Å². The van der Waals surface area contributed by atoms with Crippen LogP contribution in [0.3, 0.4) is 0 Å². The molecule has 0 aromatic rings. The number of esters is 1. The van der Waals surface area contributed by atoms with Crippen molar-refractivity contribution >= 4 is 15.8 Å². The molecule has 0 aliphatic rings. The van der Waals surface area contributed by atoms with E-state index < -0.39 is 15.9 Å². The molecule has 2 unspecified atom stereocenters. The molecule has 6 heteroatoms. The topological polar surface area (TPSA) is 72.5 Å². The van der Waals surface area contributed by atoms with Gasteiger partial charge in [0, 0.05) is 12.3 Å². The summed E-state index contributed by atoms with van der Waals surface area (Å²) in [5.41, 5.74) is 0. The van der Waals surface area contributed by atoms with Crippen LogP contribution >= 0.6 is 0 Å². The summed E-state index contributed by atoms with van der Waals surface area (Å²) in [7, 11) is -1.70. The van der Waals surface area contributed by atoms with Gasteiger partial charge in [0.05, 0.1) is 12.9 Å². The van der Waals surface area contributed by atoms with Crippen LogP contribution in [0.15, 0.2) is 0 Å². The number of sulfone groups is 1. The molecule has 0 aromatic carbocycles. The van der Waals surface area contributed by atoms with E-state index in [2.05, 4.69) is 10.1 Å². The lowest BCUT2D eigenvalue weighted by atomic mass is 10.1. The van der Waals surface area contributed by atoms with E-state index >= 15 is 0 Å². The average molecular weight is 265 g/mol. The van der Waals surface area contributed by atoms with Crippen LogP contribution in [0.4, 0.5) is 0 Å². The minimum Gasteiger partial charge on any atom is -0.468 e. The van der Waals surface area contributed by atoms with E-state index in [1.54, 1.807) is 6.92 Å². The normalized spacial score (nSPS) is 15.3. The maximum atomic E-state index is 11.5. The number of rotatable bonds is 8. The summed E-state index contributed by atoms with van der Waals surface area (Å²) in [6.45, 7) is 3.79. The number of ether oxygens (including phenoxy) is 1. The van der Waals surface area contributed by atoms with Gasteiger partial charge in [-0.2, -0.15) is 0 Å². The van der Waals surface area contributed by atoms with Crippen molar-refractivity contribution in [3.05, 3.63) is 0 Å². The lowest BCUT2D eigenvalue weighted by Crippen LogP contribution is -2.45. The van der Waals surface area contributed by atoms with E-state index in [-0.39, 0.29) is 17.8 Å². The van der Waals surface area contributed by atoms with Gasteiger partial charge in [-0.15, -0.1) is 0 Å². The second kappa shape index (κ2) is 7.66. The van der Waals surface area contributed by atoms with Crippen LogP contribution in [-0.4, -0.2) is 45.6 Å². The van der Waals surface area contributed by atoms with Crippen molar-refractivity contribution in [3.8, 4) is 0 Å². The number of carbonyl (C=O) groups excluding carboxylic acids is 1. The third kappa shape index (κ3) is 8.15. The third-order valence-corrected chi connectivity index (χ3v) is 3.48. The number of hydrogen-bond acceptors (Lipinski definition) is 5. The number of unbranched alkanes of at least 4 members (excludes halogenated alkanes) is 1. The Kier molecular flexibility index (Phi) is 7.38. The van der Waals surface area contributed by atoms with Gasteiger partial charge in [0.15, 0.2) is 0 Å². The first kappa shape index (κ1) is 16.4. The molecule has 2 atom stereocenters. The molecule has 102 valence electrons. The molecule has 0 heterocycles. The van der Waals surface area contributed by atoms with E-state index in [1.165, 1.54) is 13.4 Å². The second-order valence-corrected chi connectivity index (χ2v) is 6.56. The lowest BCUT2D eigenvalue weighted by molar-refractivity contribution is -0.143. The maximum absolute atomic E-state index is 11.5. The first-order valence-electron chi connectivity index (χ1n) is 5.81. The van der Waals surface area contributed by atoms with Crippen LogP contribution in [-0.2, 0) is 19.4 Å². The first-order valence-corrected chi connectivity index (χ1v) is 7.87. The van der Waals surface area contributed by atoms with Gasteiger partial charge >= 0.3 is 5.97 Å². The van der Waals surface area contributed by atoms with E-state index in [0.29, 0.717) is 6.42 Å². The minimum absolute atomic E-state index is 0.0205. The van der Waals surface area contributed by atoms with E-state index in [9.17, 15) is 13.2 Å². The van der Waals surface area contributed by atoms with Crippen LogP contribution in [0.25, 0.3) is 0 Å². The van der Waals surface area contributed by atoms with Crippen molar-refractivity contribution in [1.29, 1.82) is 0 Å². The highest BCUT2D eigenvalue weighted by atomic mass is 32.2. The molecule has 0 aromatic heterocycles. The average Bonchev–Trinajstić information content (AvgIpc) is 2.20. The largest absolute Gasteiger partial charge is 0.468 e. The SMILES string of the molecule is CCCCC(NC(C)CS(C)(=O)=O)C(=O)OC. The van der Waals surface area contributed by atoms with E-state index in [1.807, 2.05) is 6.92 Å². The molecular formula is C11H23NO4S. The molecule has 0 saturated carbocycles. The molecule has 0 aliphatic carbocycles. The highest BCUT2D eigenvalue weighted by Gasteiger charge is 2.21. The summed E-state index contributed by atoms with van der Waals surface area (Å²) >= 11 is 0. The Morgan fingerprint density at radius 3 is 2.41 bits per heavy atom. The lowest BCUT2D eigenvalue weighted by Gasteiger charge is -2.20. The van der Waals surface area contributed by atoms with E-state index in [0.717, 1.165) is 12.8 Å². The molecule has 17 heavy (non-hydrogen) atoms. The highest BCUT2D eigenvalue weighted by Crippen LogP contribution is 2.04. The fourth-order valence-corrected chi connectivity index (χ4v) is 2.67. The smallest absolute Gasteiger partial charge is 0.322 e. The Morgan fingerprint density at radius 2 is 2.00 bits per heavy atom. The van der Waals surface area contributed by atoms with Crippen LogP contribution in [0.5, 0.6) is 0 Å². The summed E-state index contributed by atoms with van der Waals surface area (Å²) in [5.74, 6) is -0.314. The second-order valence-electron chi connectivity index (χ2n) is 4.38. The van der Waals surface area contributed by atoms with Crippen LogP contribution in [0, 0.1) is 0 Å². The van der Waals surface area contributed by atoms with Gasteiger partial charge in [-0.25, -0.2) is 8.42 Å². The first-order chi connectivity index (χ1) is 7.80. The van der Waals surface area contributed by atoms with Crippen molar-refractivity contribution in [3.63, 3.8) is 0 Å². The summed E-state index contributed by atoms with van der Waals surface area (Å²) in [4.78, 5) is 11.5. The zero-order valence-electron chi connectivity index (χ0n) is 11.0. The monoisotopic (exact) mass is 265 g/mol. The highest BCUT2D eigenvalue weighted by molar-refractivity contribution is 7.90. The molecule has 0 spiro atoms. The molecule has 0 bridgehead atoms. The zero-order valence-corrected chi connectivity index (χ0v) is 11.8. The molecule has 0 rings (SSSR count). The minimum atomic E-state index is -3.04. The fraction of sp³-hybridized carbons (Fsp3) is 0.909. The van der Waals surface area contributed by atoms with Gasteiger partial charge in [-0.1, -0.05) is 19.8 Å². The van der Waals surface area contributed by atoms with Gasteiger partial charge in [-0.3, -0.25) is 4.79 Å². The molecule has 5 nitrogen and oxygen atoms in total. The number of methoxy groups -OCH3 is 1. The summed E-state index contributed by atoms with van der Waals surface area (Å²) < 4.78 is 26.9. The Morgan fingerprint density at radius 1 is 1.41 bits per heavy atom. The molecular weight excluding hydrogens is 242 g/mol. The van der Waals surface area contributed by atoms with Gasteiger partial charge in [0.2, 0.25) is 0 Å². The molecule has 0 amide bonds. The predicted molar refractivity (Wildman–Crippen MR) is 67.6 cm³/mol. The van der Waals surface area contributed by atoms with Gasteiger partial charge in [0.25, 0.3) is 0 Å². The summed E-state index contributed by atoms with van der Waals surface area (Å²) in [6, 6.07) is -0.678. The quantitative estimate of drug-likeness (QED) is 0.655. The fourth-order valence-electron chi connectivity index (χ4n) is 1.67. The van der Waals surface area contributed by atoms with E-state index in [4.69, 9.17) is 0 Å². The number of hydrogen-bond donors (Lipinski definition) is 1. The van der Waals surface area contributed by atoms with Crippen molar-refractivity contribution in [1.82, 2.24) is 5.32 Å². The van der Waals surface area contributed by atoms with Crippen LogP contribution in [0.2, 0.25) is 0 Å². The molecule has 0 fully saturated rings. The van der Waals surface area contributed by atoms with Gasteiger partial charge < -0.3 is 10.1 Å². The standard InChI is InChI=1S/C11H23NO4S/c1-5-6-7-10(11(13)16-3)12-9(2)8-17(4,14)15/h9-10,12H,5-8H2,1-4H3. The number of nitrogens with one attached hydrogen (secondary N) is 1. The molecule has 1 N–H and O–H groups in total. The van der Waals surface area contributed by atoms with Crippen molar-refractivity contribution < 1.29 is 17.9 Å². The Hall–Kier alpha value is -0.620.